The summed E-state index contributed by atoms with van der Waals surface area (Å²) in [7, 11) is 0. The van der Waals surface area contributed by atoms with E-state index in [0.717, 1.165) is 29.1 Å². The highest BCUT2D eigenvalue weighted by Gasteiger charge is 2.36. The third-order valence-corrected chi connectivity index (χ3v) is 6.97. The average molecular weight is 401 g/mol. The zero-order chi connectivity index (χ0) is 20.0. The summed E-state index contributed by atoms with van der Waals surface area (Å²) in [6.45, 7) is 4.21. The smallest absolute Gasteiger partial charge is 0.163 e. The lowest BCUT2D eigenvalue weighted by Gasteiger charge is -2.29. The van der Waals surface area contributed by atoms with Crippen LogP contribution >= 0.6 is 11.3 Å². The Morgan fingerprint density at radius 1 is 0.897 bits per heavy atom. The molecule has 0 fully saturated rings. The highest BCUT2D eigenvalue weighted by atomic mass is 32.1. The molecule has 1 aromatic heterocycles. The maximum absolute atomic E-state index is 13.4. The Hall–Kier alpha value is -2.85. The lowest BCUT2D eigenvalue weighted by Crippen LogP contribution is -2.26. The highest BCUT2D eigenvalue weighted by Crippen LogP contribution is 2.45. The quantitative estimate of drug-likeness (QED) is 0.527. The van der Waals surface area contributed by atoms with Crippen LogP contribution in [0.1, 0.15) is 45.7 Å². The Balaban J connectivity index is 1.60. The number of nitrogens with one attached hydrogen (secondary N) is 2. The monoisotopic (exact) mass is 400 g/mol. The predicted molar refractivity (Wildman–Crippen MR) is 121 cm³/mol. The van der Waals surface area contributed by atoms with E-state index in [2.05, 4.69) is 73.0 Å². The number of ketones is 1. The van der Waals surface area contributed by atoms with Crippen LogP contribution in [0.4, 0.5) is 11.4 Å². The SMILES string of the molecule is Cc1ccc([C@@H]2CC(=O)C3=C(C2)Nc2ccccc2N[C@@H]3c2ccc(C)s2)cc1. The molecule has 2 atom stereocenters. The molecule has 2 aliphatic rings. The fourth-order valence-corrected chi connectivity index (χ4v) is 5.33. The standard InChI is InChI=1S/C25H24N2OS/c1-15-7-10-17(11-8-15)18-13-21-24(22(28)14-18)25(23-12-9-16(2)29-23)27-20-6-4-3-5-19(20)26-21/h3-12,18,25-27H,13-14H2,1-2H3/t18-,25+/m0/s1. The highest BCUT2D eigenvalue weighted by molar-refractivity contribution is 7.12. The molecule has 0 bridgehead atoms. The molecule has 0 saturated carbocycles. The minimum absolute atomic E-state index is 0.105. The summed E-state index contributed by atoms with van der Waals surface area (Å²) >= 11 is 1.76. The molecule has 0 spiro atoms. The Morgan fingerprint density at radius 2 is 1.66 bits per heavy atom. The zero-order valence-corrected chi connectivity index (χ0v) is 17.5. The van der Waals surface area contributed by atoms with Crippen LogP contribution in [0.2, 0.25) is 0 Å². The van der Waals surface area contributed by atoms with E-state index in [1.165, 1.54) is 20.9 Å². The third kappa shape index (κ3) is 3.38. The van der Waals surface area contributed by atoms with E-state index in [4.69, 9.17) is 0 Å². The van der Waals surface area contributed by atoms with Gasteiger partial charge >= 0.3 is 0 Å². The van der Waals surface area contributed by atoms with Crippen LogP contribution in [0.25, 0.3) is 0 Å². The number of hydrogen-bond acceptors (Lipinski definition) is 4. The molecule has 4 heteroatoms. The van der Waals surface area contributed by atoms with E-state index in [9.17, 15) is 4.79 Å². The van der Waals surface area contributed by atoms with Gasteiger partial charge in [-0.2, -0.15) is 0 Å². The molecule has 2 N–H and O–H groups in total. The number of carbonyl (C=O) groups is 1. The predicted octanol–water partition coefficient (Wildman–Crippen LogP) is 6.34. The van der Waals surface area contributed by atoms with Crippen LogP contribution in [0.15, 0.2) is 71.9 Å². The van der Waals surface area contributed by atoms with Crippen molar-refractivity contribution in [1.29, 1.82) is 0 Å². The van der Waals surface area contributed by atoms with Gasteiger partial charge in [-0.3, -0.25) is 4.79 Å². The topological polar surface area (TPSA) is 41.1 Å². The molecule has 1 aliphatic carbocycles. The maximum atomic E-state index is 13.4. The molecule has 0 amide bonds. The van der Waals surface area contributed by atoms with Gasteiger partial charge in [0.15, 0.2) is 5.78 Å². The Bertz CT molecular complexity index is 1110. The summed E-state index contributed by atoms with van der Waals surface area (Å²) in [5.74, 6) is 0.450. The van der Waals surface area contributed by atoms with Crippen LogP contribution in [0.5, 0.6) is 0 Å². The van der Waals surface area contributed by atoms with E-state index in [1.54, 1.807) is 11.3 Å². The first-order chi connectivity index (χ1) is 14.1. The summed E-state index contributed by atoms with van der Waals surface area (Å²) < 4.78 is 0. The van der Waals surface area contributed by atoms with Crippen molar-refractivity contribution in [1.82, 2.24) is 0 Å². The lowest BCUT2D eigenvalue weighted by molar-refractivity contribution is -0.116. The largest absolute Gasteiger partial charge is 0.372 e. The molecular weight excluding hydrogens is 376 g/mol. The first-order valence-electron chi connectivity index (χ1n) is 10.1. The number of anilines is 2. The van der Waals surface area contributed by atoms with Gasteiger partial charge in [-0.05, 0) is 56.0 Å². The summed E-state index contributed by atoms with van der Waals surface area (Å²) in [6, 6.07) is 21.0. The lowest BCUT2D eigenvalue weighted by atomic mass is 9.79. The minimum atomic E-state index is -0.105. The van der Waals surface area contributed by atoms with Crippen LogP contribution in [0.3, 0.4) is 0 Å². The number of para-hydroxylation sites is 2. The molecule has 3 aromatic rings. The number of carbonyl (C=O) groups excluding carboxylic acids is 1. The number of hydrogen-bond donors (Lipinski definition) is 2. The molecule has 2 heterocycles. The summed E-state index contributed by atoms with van der Waals surface area (Å²) in [5.41, 5.74) is 6.51. The van der Waals surface area contributed by atoms with E-state index < -0.39 is 0 Å². The molecule has 5 rings (SSSR count). The first kappa shape index (κ1) is 18.2. The second-order valence-electron chi connectivity index (χ2n) is 8.03. The summed E-state index contributed by atoms with van der Waals surface area (Å²) in [6.07, 6.45) is 1.41. The number of allylic oxidation sites excluding steroid dienone is 1. The molecule has 29 heavy (non-hydrogen) atoms. The van der Waals surface area contributed by atoms with Gasteiger partial charge in [0.25, 0.3) is 0 Å². The second-order valence-corrected chi connectivity index (χ2v) is 9.35. The number of Topliss-reactive ketones (excluding diaryl/α,β-unsaturated/α-hetero) is 1. The molecule has 146 valence electrons. The molecule has 0 unspecified atom stereocenters. The zero-order valence-electron chi connectivity index (χ0n) is 16.7. The van der Waals surface area contributed by atoms with Crippen molar-refractivity contribution in [3.05, 3.63) is 92.8 Å². The molecule has 1 aliphatic heterocycles. The van der Waals surface area contributed by atoms with Gasteiger partial charge in [0.2, 0.25) is 0 Å². The van der Waals surface area contributed by atoms with Gasteiger partial charge < -0.3 is 10.6 Å². The van der Waals surface area contributed by atoms with E-state index in [-0.39, 0.29) is 17.7 Å². The number of aryl methyl sites for hydroxylation is 2. The number of thiophene rings is 1. The fourth-order valence-electron chi connectivity index (χ4n) is 4.39. The van der Waals surface area contributed by atoms with Gasteiger partial charge in [0.05, 0.1) is 17.4 Å². The Labute approximate surface area is 175 Å². The first-order valence-corrected chi connectivity index (χ1v) is 10.9. The fraction of sp³-hybridized carbons (Fsp3) is 0.240. The minimum Gasteiger partial charge on any atom is -0.372 e. The third-order valence-electron chi connectivity index (χ3n) is 5.90. The van der Waals surface area contributed by atoms with Crippen molar-refractivity contribution in [3.8, 4) is 0 Å². The average Bonchev–Trinajstić information content (AvgIpc) is 3.06. The normalized spacial score (nSPS) is 21.0. The van der Waals surface area contributed by atoms with Crippen molar-refractivity contribution in [3.63, 3.8) is 0 Å². The van der Waals surface area contributed by atoms with Crippen LogP contribution in [-0.2, 0) is 4.79 Å². The van der Waals surface area contributed by atoms with Crippen LogP contribution in [-0.4, -0.2) is 5.78 Å². The van der Waals surface area contributed by atoms with Crippen molar-refractivity contribution >= 4 is 28.5 Å². The van der Waals surface area contributed by atoms with Crippen LogP contribution < -0.4 is 10.6 Å². The van der Waals surface area contributed by atoms with Crippen molar-refractivity contribution in [2.45, 2.75) is 38.6 Å². The molecular formula is C25H24N2OS. The van der Waals surface area contributed by atoms with E-state index in [0.29, 0.717) is 6.42 Å². The van der Waals surface area contributed by atoms with Gasteiger partial charge in [-0.1, -0.05) is 42.0 Å². The van der Waals surface area contributed by atoms with Gasteiger partial charge in [-0.15, -0.1) is 11.3 Å². The van der Waals surface area contributed by atoms with Crippen molar-refractivity contribution in [2.75, 3.05) is 10.6 Å². The Kier molecular flexibility index (Phi) is 4.51. The molecule has 0 saturated heterocycles. The van der Waals surface area contributed by atoms with Crippen molar-refractivity contribution < 1.29 is 4.79 Å². The number of benzene rings is 2. The summed E-state index contributed by atoms with van der Waals surface area (Å²) in [5, 5.41) is 7.26. The number of fused-ring (bicyclic) bond motifs is 1. The maximum Gasteiger partial charge on any atom is 0.163 e. The molecule has 2 aromatic carbocycles. The van der Waals surface area contributed by atoms with Crippen LogP contribution in [0, 0.1) is 13.8 Å². The second kappa shape index (κ2) is 7.20. The van der Waals surface area contributed by atoms with Gasteiger partial charge in [0.1, 0.15) is 0 Å². The van der Waals surface area contributed by atoms with Gasteiger partial charge in [-0.25, -0.2) is 0 Å². The van der Waals surface area contributed by atoms with Crippen molar-refractivity contribution in [2.24, 2.45) is 0 Å². The van der Waals surface area contributed by atoms with E-state index >= 15 is 0 Å². The van der Waals surface area contributed by atoms with E-state index in [1.807, 2.05) is 12.1 Å². The van der Waals surface area contributed by atoms with Gasteiger partial charge in [0, 0.05) is 27.4 Å². The molecule has 3 nitrogen and oxygen atoms in total. The summed E-state index contributed by atoms with van der Waals surface area (Å²) in [4.78, 5) is 15.9. The Morgan fingerprint density at radius 3 is 2.38 bits per heavy atom. The molecule has 0 radical (unpaired) electrons. The number of rotatable bonds is 2.